The number of pyridine rings is 1. The van der Waals surface area contributed by atoms with Crippen molar-refractivity contribution in [2.45, 2.75) is 5.16 Å². The molecule has 0 unspecified atom stereocenters. The number of hydrogen-bond donors (Lipinski definition) is 1. The van der Waals surface area contributed by atoms with Crippen LogP contribution in [0, 0.1) is 5.82 Å². The van der Waals surface area contributed by atoms with E-state index in [9.17, 15) is 9.18 Å². The van der Waals surface area contributed by atoms with Crippen LogP contribution < -0.4 is 5.32 Å². The first-order chi connectivity index (χ1) is 15.7. The lowest BCUT2D eigenvalue weighted by Gasteiger charge is -2.10. The van der Waals surface area contributed by atoms with Crippen LogP contribution in [0.5, 0.6) is 0 Å². The molecule has 10 heteroatoms. The van der Waals surface area contributed by atoms with E-state index in [1.807, 2.05) is 42.5 Å². The molecule has 8 nitrogen and oxygen atoms in total. The molecule has 1 amide bonds. The van der Waals surface area contributed by atoms with Gasteiger partial charge in [-0.3, -0.25) is 19.1 Å². The quantitative estimate of drug-likeness (QED) is 0.400. The van der Waals surface area contributed by atoms with E-state index < -0.39 is 5.82 Å². The SMILES string of the molecule is O=C(CSc1nnc(-c2ccccc2F)n1-c1ccccc1)Nc1nnc2ccccn12. The number of halogens is 1. The average Bonchev–Trinajstić information content (AvgIpc) is 3.43. The van der Waals surface area contributed by atoms with Crippen LogP contribution in [0.3, 0.4) is 0 Å². The van der Waals surface area contributed by atoms with Gasteiger partial charge in [0.25, 0.3) is 0 Å². The van der Waals surface area contributed by atoms with Crippen molar-refractivity contribution in [1.82, 2.24) is 29.4 Å². The van der Waals surface area contributed by atoms with Gasteiger partial charge in [0.1, 0.15) is 5.82 Å². The van der Waals surface area contributed by atoms with Gasteiger partial charge < -0.3 is 0 Å². The first-order valence-electron chi connectivity index (χ1n) is 9.69. The third kappa shape index (κ3) is 3.83. The number of thioether (sulfide) groups is 1. The summed E-state index contributed by atoms with van der Waals surface area (Å²) in [6.45, 7) is 0. The Balaban J connectivity index is 1.41. The topological polar surface area (TPSA) is 90.0 Å². The highest BCUT2D eigenvalue weighted by atomic mass is 32.2. The zero-order valence-electron chi connectivity index (χ0n) is 16.6. The van der Waals surface area contributed by atoms with E-state index in [1.165, 1.54) is 17.8 Å². The maximum Gasteiger partial charge on any atom is 0.237 e. The zero-order valence-corrected chi connectivity index (χ0v) is 17.4. The van der Waals surface area contributed by atoms with Crippen LogP contribution in [-0.4, -0.2) is 41.0 Å². The van der Waals surface area contributed by atoms with Gasteiger partial charge in [-0.1, -0.05) is 48.2 Å². The Morgan fingerprint density at radius 3 is 2.53 bits per heavy atom. The van der Waals surface area contributed by atoms with Crippen molar-refractivity contribution in [3.05, 3.63) is 84.8 Å². The summed E-state index contributed by atoms with van der Waals surface area (Å²) in [5, 5.41) is 19.7. The monoisotopic (exact) mass is 445 g/mol. The Hall–Kier alpha value is -4.05. The van der Waals surface area contributed by atoms with E-state index in [-0.39, 0.29) is 11.7 Å². The number of amides is 1. The molecule has 5 aromatic rings. The van der Waals surface area contributed by atoms with Crippen LogP contribution in [0.25, 0.3) is 22.7 Å². The van der Waals surface area contributed by atoms with Crippen molar-refractivity contribution in [1.29, 1.82) is 0 Å². The summed E-state index contributed by atoms with van der Waals surface area (Å²) in [6, 6.07) is 21.2. The normalized spacial score (nSPS) is 11.0. The van der Waals surface area contributed by atoms with Crippen molar-refractivity contribution < 1.29 is 9.18 Å². The van der Waals surface area contributed by atoms with E-state index in [2.05, 4.69) is 25.7 Å². The van der Waals surface area contributed by atoms with Crippen LogP contribution >= 0.6 is 11.8 Å². The summed E-state index contributed by atoms with van der Waals surface area (Å²) in [4.78, 5) is 12.6. The number of carbonyl (C=O) groups is 1. The predicted octanol–water partition coefficient (Wildman–Crippen LogP) is 3.85. The number of para-hydroxylation sites is 1. The molecule has 2 aromatic carbocycles. The summed E-state index contributed by atoms with van der Waals surface area (Å²) in [5.41, 5.74) is 1.73. The van der Waals surface area contributed by atoms with Gasteiger partial charge in [0, 0.05) is 11.9 Å². The van der Waals surface area contributed by atoms with E-state index in [4.69, 9.17) is 0 Å². The highest BCUT2D eigenvalue weighted by Gasteiger charge is 2.19. The number of fused-ring (bicyclic) bond motifs is 1. The molecular formula is C22H16FN7OS. The highest BCUT2D eigenvalue weighted by molar-refractivity contribution is 7.99. The third-order valence-corrected chi connectivity index (χ3v) is 5.59. The number of nitrogens with one attached hydrogen (secondary N) is 1. The van der Waals surface area contributed by atoms with Crippen molar-refractivity contribution in [3.8, 4) is 17.1 Å². The number of anilines is 1. The molecule has 0 spiro atoms. The molecule has 0 aliphatic rings. The molecule has 0 radical (unpaired) electrons. The molecule has 0 saturated heterocycles. The Morgan fingerprint density at radius 2 is 1.69 bits per heavy atom. The largest absolute Gasteiger partial charge is 0.294 e. The fraction of sp³-hybridized carbons (Fsp3) is 0.0455. The Labute approximate surface area is 186 Å². The number of benzene rings is 2. The zero-order chi connectivity index (χ0) is 21.9. The Morgan fingerprint density at radius 1 is 0.906 bits per heavy atom. The van der Waals surface area contributed by atoms with Gasteiger partial charge >= 0.3 is 0 Å². The molecule has 32 heavy (non-hydrogen) atoms. The minimum absolute atomic E-state index is 0.0595. The molecule has 5 rings (SSSR count). The minimum Gasteiger partial charge on any atom is -0.294 e. The second-order valence-corrected chi connectivity index (χ2v) is 7.69. The number of rotatable bonds is 6. The number of hydrogen-bond acceptors (Lipinski definition) is 6. The molecule has 0 saturated carbocycles. The van der Waals surface area contributed by atoms with Gasteiger partial charge in [-0.2, -0.15) is 0 Å². The second kappa shape index (κ2) is 8.60. The Bertz CT molecular complexity index is 1400. The summed E-state index contributed by atoms with van der Waals surface area (Å²) in [5.74, 6) is 0.0842. The molecule has 0 atom stereocenters. The van der Waals surface area contributed by atoms with Crippen molar-refractivity contribution in [2.75, 3.05) is 11.1 Å². The maximum absolute atomic E-state index is 14.5. The maximum atomic E-state index is 14.5. The molecule has 158 valence electrons. The van der Waals surface area contributed by atoms with Crippen LogP contribution in [0.4, 0.5) is 10.3 Å². The Kier molecular flexibility index (Phi) is 5.34. The molecule has 3 aromatic heterocycles. The lowest BCUT2D eigenvalue weighted by Crippen LogP contribution is -2.16. The third-order valence-electron chi connectivity index (χ3n) is 4.66. The smallest absolute Gasteiger partial charge is 0.237 e. The predicted molar refractivity (Wildman–Crippen MR) is 119 cm³/mol. The first-order valence-corrected chi connectivity index (χ1v) is 10.7. The average molecular weight is 445 g/mol. The number of carbonyl (C=O) groups excluding carboxylic acids is 1. The lowest BCUT2D eigenvalue weighted by atomic mass is 10.2. The lowest BCUT2D eigenvalue weighted by molar-refractivity contribution is -0.113. The van der Waals surface area contributed by atoms with Gasteiger partial charge in [-0.15, -0.1) is 20.4 Å². The van der Waals surface area contributed by atoms with Crippen molar-refractivity contribution in [2.24, 2.45) is 0 Å². The number of aromatic nitrogens is 6. The van der Waals surface area contributed by atoms with Gasteiger partial charge in [0.05, 0.1) is 11.3 Å². The van der Waals surface area contributed by atoms with E-state index >= 15 is 0 Å². The molecular weight excluding hydrogens is 429 g/mol. The van der Waals surface area contributed by atoms with Gasteiger partial charge in [-0.05, 0) is 36.4 Å². The highest BCUT2D eigenvalue weighted by Crippen LogP contribution is 2.29. The molecule has 0 bridgehead atoms. The van der Waals surface area contributed by atoms with Gasteiger partial charge in [-0.25, -0.2) is 4.39 Å². The van der Waals surface area contributed by atoms with E-state index in [1.54, 1.807) is 39.4 Å². The van der Waals surface area contributed by atoms with Gasteiger partial charge in [0.2, 0.25) is 11.9 Å². The van der Waals surface area contributed by atoms with E-state index in [0.29, 0.717) is 28.1 Å². The van der Waals surface area contributed by atoms with Crippen molar-refractivity contribution in [3.63, 3.8) is 0 Å². The fourth-order valence-electron chi connectivity index (χ4n) is 3.21. The molecule has 3 heterocycles. The van der Waals surface area contributed by atoms with Crippen LogP contribution in [-0.2, 0) is 4.79 Å². The summed E-state index contributed by atoms with van der Waals surface area (Å²) in [6.07, 6.45) is 1.77. The minimum atomic E-state index is -0.398. The van der Waals surface area contributed by atoms with Crippen molar-refractivity contribution >= 4 is 29.3 Å². The van der Waals surface area contributed by atoms with Crippen LogP contribution in [0.15, 0.2) is 84.1 Å². The second-order valence-electron chi connectivity index (χ2n) is 6.75. The molecule has 0 aliphatic carbocycles. The van der Waals surface area contributed by atoms with E-state index in [0.717, 1.165) is 5.69 Å². The summed E-state index contributed by atoms with van der Waals surface area (Å²) in [7, 11) is 0. The molecule has 0 aliphatic heterocycles. The fourth-order valence-corrected chi connectivity index (χ4v) is 3.96. The standard InChI is InChI=1S/C22H16FN7OS/c23-17-11-5-4-10-16(17)20-26-28-22(30(20)15-8-2-1-3-9-15)32-14-19(31)24-21-27-25-18-12-6-7-13-29(18)21/h1-13H,14H2,(H,24,27,31). The number of nitrogens with zero attached hydrogens (tertiary/aromatic N) is 6. The molecule has 0 fully saturated rings. The van der Waals surface area contributed by atoms with Crippen LogP contribution in [0.1, 0.15) is 0 Å². The summed E-state index contributed by atoms with van der Waals surface area (Å²) < 4.78 is 17.9. The first kappa shape index (κ1) is 19.9. The van der Waals surface area contributed by atoms with Gasteiger partial charge in [0.15, 0.2) is 16.6 Å². The van der Waals surface area contributed by atoms with Crippen LogP contribution in [0.2, 0.25) is 0 Å². The molecule has 1 N–H and O–H groups in total. The summed E-state index contributed by atoms with van der Waals surface area (Å²) >= 11 is 1.20.